The van der Waals surface area contributed by atoms with Crippen molar-refractivity contribution >= 4 is 27.6 Å². The first-order valence-electron chi connectivity index (χ1n) is 11.7. The van der Waals surface area contributed by atoms with Crippen molar-refractivity contribution in [2.75, 3.05) is 13.2 Å². The molecule has 4 aromatic rings. The second-order valence-corrected chi connectivity index (χ2v) is 8.82. The third kappa shape index (κ3) is 4.00. The molecule has 1 atom stereocenters. The van der Waals surface area contributed by atoms with Crippen molar-refractivity contribution < 1.29 is 28.2 Å². The van der Waals surface area contributed by atoms with Gasteiger partial charge in [-0.1, -0.05) is 19.4 Å². The monoisotopic (exact) mass is 477 g/mol. The highest BCUT2D eigenvalue weighted by atomic mass is 19.2. The number of carbonyl (C=O) groups is 1. The predicted octanol–water partition coefficient (Wildman–Crippen LogP) is 6.52. The average molecular weight is 478 g/mol. The molecule has 1 N–H and O–H groups in total. The van der Waals surface area contributed by atoms with Crippen LogP contribution in [-0.2, 0) is 16.0 Å². The number of hydrogen-bond donors (Lipinski definition) is 1. The SMILES string of the molecule is CCCCO[C@@H](C(=O)O)c1c(C)cc2cc(F)c(F)cc2c1-c1ccc2c3c(ccnc13)CCO2. The van der Waals surface area contributed by atoms with Crippen LogP contribution >= 0.6 is 0 Å². The molecule has 0 saturated carbocycles. The minimum atomic E-state index is -1.28. The Labute approximate surface area is 201 Å². The zero-order valence-electron chi connectivity index (χ0n) is 19.5. The van der Waals surface area contributed by atoms with E-state index in [1.807, 2.05) is 25.1 Å². The molecule has 0 radical (unpaired) electrons. The molecule has 3 aromatic carbocycles. The summed E-state index contributed by atoms with van der Waals surface area (Å²) in [5.74, 6) is -2.42. The number of carboxylic acids is 1. The van der Waals surface area contributed by atoms with Crippen LogP contribution in [0.4, 0.5) is 8.78 Å². The summed E-state index contributed by atoms with van der Waals surface area (Å²) in [6.45, 7) is 4.57. The van der Waals surface area contributed by atoms with Gasteiger partial charge in [0, 0.05) is 35.7 Å². The summed E-state index contributed by atoms with van der Waals surface area (Å²) in [4.78, 5) is 17.0. The van der Waals surface area contributed by atoms with E-state index in [2.05, 4.69) is 4.98 Å². The number of rotatable bonds is 7. The molecular weight excluding hydrogens is 452 g/mol. The van der Waals surface area contributed by atoms with Crippen LogP contribution in [-0.4, -0.2) is 29.3 Å². The predicted molar refractivity (Wildman–Crippen MR) is 130 cm³/mol. The average Bonchev–Trinajstić information content (AvgIpc) is 2.84. The molecule has 1 aliphatic rings. The van der Waals surface area contributed by atoms with Crippen LogP contribution in [0, 0.1) is 18.6 Å². The van der Waals surface area contributed by atoms with Crippen LogP contribution in [0.5, 0.6) is 5.75 Å². The van der Waals surface area contributed by atoms with Crippen molar-refractivity contribution in [1.82, 2.24) is 4.98 Å². The molecule has 35 heavy (non-hydrogen) atoms. The molecule has 5 nitrogen and oxygen atoms in total. The number of benzene rings is 3. The highest BCUT2D eigenvalue weighted by Gasteiger charge is 2.30. The van der Waals surface area contributed by atoms with E-state index < -0.39 is 23.7 Å². The number of aliphatic carboxylic acids is 1. The summed E-state index contributed by atoms with van der Waals surface area (Å²) in [5, 5.41) is 11.9. The summed E-state index contributed by atoms with van der Waals surface area (Å²) < 4.78 is 40.4. The first kappa shape index (κ1) is 23.2. The van der Waals surface area contributed by atoms with Crippen LogP contribution < -0.4 is 4.74 Å². The smallest absolute Gasteiger partial charge is 0.337 e. The maximum absolute atomic E-state index is 14.5. The van der Waals surface area contributed by atoms with Gasteiger partial charge in [-0.15, -0.1) is 0 Å². The number of fused-ring (bicyclic) bond motifs is 1. The van der Waals surface area contributed by atoms with Crippen molar-refractivity contribution in [1.29, 1.82) is 0 Å². The molecule has 5 rings (SSSR count). The molecular formula is C28H25F2NO4. The third-order valence-electron chi connectivity index (χ3n) is 6.54. The quantitative estimate of drug-likeness (QED) is 0.307. The minimum absolute atomic E-state index is 0.262. The Bertz CT molecular complexity index is 1460. The fourth-order valence-electron chi connectivity index (χ4n) is 4.91. The maximum atomic E-state index is 14.5. The molecule has 0 saturated heterocycles. The number of aromatic nitrogens is 1. The van der Waals surface area contributed by atoms with E-state index in [9.17, 15) is 18.7 Å². The lowest BCUT2D eigenvalue weighted by Gasteiger charge is -2.24. The van der Waals surface area contributed by atoms with Gasteiger partial charge in [-0.05, 0) is 71.1 Å². The van der Waals surface area contributed by atoms with Crippen LogP contribution in [0.1, 0.15) is 42.6 Å². The summed E-state index contributed by atoms with van der Waals surface area (Å²) in [6, 6.07) is 9.52. The summed E-state index contributed by atoms with van der Waals surface area (Å²) >= 11 is 0. The van der Waals surface area contributed by atoms with Gasteiger partial charge in [-0.3, -0.25) is 4.98 Å². The molecule has 0 aliphatic carbocycles. The summed E-state index contributed by atoms with van der Waals surface area (Å²) in [5.41, 5.74) is 3.81. The summed E-state index contributed by atoms with van der Waals surface area (Å²) in [7, 11) is 0. The fourth-order valence-corrected chi connectivity index (χ4v) is 4.91. The van der Waals surface area contributed by atoms with Gasteiger partial charge in [-0.25, -0.2) is 13.6 Å². The van der Waals surface area contributed by atoms with Crippen LogP contribution in [0.15, 0.2) is 42.6 Å². The van der Waals surface area contributed by atoms with Crippen molar-refractivity contribution in [2.45, 2.75) is 39.2 Å². The van der Waals surface area contributed by atoms with Gasteiger partial charge in [0.1, 0.15) is 5.75 Å². The Morgan fingerprint density at radius 2 is 2.00 bits per heavy atom. The number of hydrogen-bond acceptors (Lipinski definition) is 4. The topological polar surface area (TPSA) is 68.7 Å². The maximum Gasteiger partial charge on any atom is 0.337 e. The van der Waals surface area contributed by atoms with Crippen molar-refractivity contribution in [2.24, 2.45) is 0 Å². The van der Waals surface area contributed by atoms with Gasteiger partial charge in [0.05, 0.1) is 12.1 Å². The van der Waals surface area contributed by atoms with E-state index in [0.29, 0.717) is 63.7 Å². The van der Waals surface area contributed by atoms with Gasteiger partial charge in [0.25, 0.3) is 0 Å². The van der Waals surface area contributed by atoms with Crippen LogP contribution in [0.3, 0.4) is 0 Å². The van der Waals surface area contributed by atoms with Gasteiger partial charge >= 0.3 is 5.97 Å². The molecule has 1 aromatic heterocycles. The number of carboxylic acid groups (broad SMARTS) is 1. The first-order valence-corrected chi connectivity index (χ1v) is 11.7. The van der Waals surface area contributed by atoms with Gasteiger partial charge in [-0.2, -0.15) is 0 Å². The lowest BCUT2D eigenvalue weighted by Crippen LogP contribution is -2.18. The zero-order chi connectivity index (χ0) is 24.7. The molecule has 0 unspecified atom stereocenters. The largest absolute Gasteiger partial charge is 0.493 e. The minimum Gasteiger partial charge on any atom is -0.493 e. The standard InChI is InChI=1S/C28H25F2NO4/c1-3-4-10-35-27(28(32)33)23-15(2)12-17-13-20(29)21(30)14-19(17)25(23)18-5-6-22-24-16(8-11-34-22)7-9-31-26(18)24/h5-7,9,12-14,27H,3-4,8,10-11H2,1-2H3,(H,32,33)/t27-/m1/s1. The van der Waals surface area contributed by atoms with E-state index in [4.69, 9.17) is 9.47 Å². The molecule has 1 aliphatic heterocycles. The fraction of sp³-hybridized carbons (Fsp3) is 0.286. The molecule has 0 bridgehead atoms. The van der Waals surface area contributed by atoms with Gasteiger partial charge in [0.2, 0.25) is 0 Å². The van der Waals surface area contributed by atoms with E-state index in [1.54, 1.807) is 19.2 Å². The Morgan fingerprint density at radius 3 is 2.77 bits per heavy atom. The second kappa shape index (κ2) is 9.23. The zero-order valence-corrected chi connectivity index (χ0v) is 19.5. The lowest BCUT2D eigenvalue weighted by atomic mass is 9.85. The molecule has 0 fully saturated rings. The second-order valence-electron chi connectivity index (χ2n) is 8.82. The highest BCUT2D eigenvalue weighted by molar-refractivity contribution is 6.08. The Balaban J connectivity index is 1.88. The van der Waals surface area contributed by atoms with E-state index in [1.165, 1.54) is 0 Å². The normalized spacial score (nSPS) is 13.7. The lowest BCUT2D eigenvalue weighted by molar-refractivity contribution is -0.151. The van der Waals surface area contributed by atoms with E-state index >= 15 is 0 Å². The molecule has 2 heterocycles. The Hall–Kier alpha value is -3.58. The van der Waals surface area contributed by atoms with E-state index in [0.717, 1.165) is 29.5 Å². The Morgan fingerprint density at radius 1 is 1.20 bits per heavy atom. The van der Waals surface area contributed by atoms with Crippen molar-refractivity contribution in [3.63, 3.8) is 0 Å². The number of unbranched alkanes of at least 4 members (excludes halogenated alkanes) is 1. The number of halogens is 2. The van der Waals surface area contributed by atoms with Crippen LogP contribution in [0.2, 0.25) is 0 Å². The number of aryl methyl sites for hydroxylation is 1. The third-order valence-corrected chi connectivity index (χ3v) is 6.54. The highest BCUT2D eigenvalue weighted by Crippen LogP contribution is 2.44. The van der Waals surface area contributed by atoms with Crippen molar-refractivity contribution in [3.8, 4) is 16.9 Å². The van der Waals surface area contributed by atoms with Crippen molar-refractivity contribution in [3.05, 3.63) is 70.9 Å². The number of nitrogens with zero attached hydrogens (tertiary/aromatic N) is 1. The van der Waals surface area contributed by atoms with E-state index in [-0.39, 0.29) is 6.61 Å². The first-order chi connectivity index (χ1) is 16.9. The number of ether oxygens (including phenoxy) is 2. The Kier molecular flexibility index (Phi) is 6.11. The molecule has 180 valence electrons. The molecule has 0 amide bonds. The summed E-state index contributed by atoms with van der Waals surface area (Å²) in [6.07, 6.45) is 2.69. The number of pyridine rings is 1. The van der Waals surface area contributed by atoms with Crippen LogP contribution in [0.25, 0.3) is 32.8 Å². The molecule has 7 heteroatoms. The van der Waals surface area contributed by atoms with Gasteiger partial charge < -0.3 is 14.6 Å². The molecule has 0 spiro atoms. The van der Waals surface area contributed by atoms with Gasteiger partial charge in [0.15, 0.2) is 17.7 Å².